The molecule has 0 aliphatic carbocycles. The summed E-state index contributed by atoms with van der Waals surface area (Å²) in [5.74, 6) is -2.89. The van der Waals surface area contributed by atoms with Gasteiger partial charge < -0.3 is 10.6 Å². The molecular weight excluding hydrogens is 353 g/mol. The third-order valence-corrected chi connectivity index (χ3v) is 4.08. The van der Waals surface area contributed by atoms with E-state index in [1.807, 2.05) is 44.2 Å². The van der Waals surface area contributed by atoms with Gasteiger partial charge in [-0.05, 0) is 25.5 Å². The number of nitrogens with zero attached hydrogens (tertiary/aromatic N) is 2. The first-order valence-electron chi connectivity index (χ1n) is 8.59. The van der Waals surface area contributed by atoms with Crippen molar-refractivity contribution in [1.29, 1.82) is 0 Å². The van der Waals surface area contributed by atoms with Crippen molar-refractivity contribution in [1.82, 2.24) is 9.97 Å². The smallest absolute Gasteiger partial charge is 0.225 e. The fraction of sp³-hybridized carbons (Fsp3) is 0.200. The molecule has 3 aromatic rings. The SMILES string of the molecule is CC[C@H](C)Nc1nc(Nc2c(F)ccc(F)c2F)cc(-c2ccccc2)n1. The zero-order valence-corrected chi connectivity index (χ0v) is 14.9. The van der Waals surface area contributed by atoms with Crippen LogP contribution < -0.4 is 10.6 Å². The van der Waals surface area contributed by atoms with Crippen molar-refractivity contribution < 1.29 is 13.2 Å². The molecule has 0 saturated carbocycles. The second-order valence-corrected chi connectivity index (χ2v) is 6.12. The molecule has 0 unspecified atom stereocenters. The number of rotatable bonds is 6. The van der Waals surface area contributed by atoms with Crippen LogP contribution in [-0.4, -0.2) is 16.0 Å². The molecule has 2 aromatic carbocycles. The Morgan fingerprint density at radius 2 is 1.67 bits per heavy atom. The van der Waals surface area contributed by atoms with Gasteiger partial charge >= 0.3 is 0 Å². The molecule has 7 heteroatoms. The molecule has 0 aliphatic heterocycles. The van der Waals surface area contributed by atoms with Crippen LogP contribution in [0.15, 0.2) is 48.5 Å². The van der Waals surface area contributed by atoms with Crippen molar-refractivity contribution in [3.05, 3.63) is 66.0 Å². The number of hydrogen-bond acceptors (Lipinski definition) is 4. The van der Waals surface area contributed by atoms with Crippen LogP contribution in [0.4, 0.5) is 30.6 Å². The van der Waals surface area contributed by atoms with Gasteiger partial charge in [-0.1, -0.05) is 37.3 Å². The molecule has 3 rings (SSSR count). The highest BCUT2D eigenvalue weighted by molar-refractivity contribution is 5.67. The fourth-order valence-electron chi connectivity index (χ4n) is 2.42. The minimum absolute atomic E-state index is 0.103. The first-order valence-corrected chi connectivity index (χ1v) is 8.59. The second-order valence-electron chi connectivity index (χ2n) is 6.12. The molecule has 140 valence electrons. The summed E-state index contributed by atoms with van der Waals surface area (Å²) in [6, 6.07) is 12.6. The maximum Gasteiger partial charge on any atom is 0.225 e. The minimum Gasteiger partial charge on any atom is -0.352 e. The van der Waals surface area contributed by atoms with Gasteiger partial charge in [-0.2, -0.15) is 4.98 Å². The van der Waals surface area contributed by atoms with Gasteiger partial charge in [0.15, 0.2) is 11.6 Å². The maximum absolute atomic E-state index is 14.0. The molecule has 2 N–H and O–H groups in total. The van der Waals surface area contributed by atoms with Crippen molar-refractivity contribution in [2.45, 2.75) is 26.3 Å². The quantitative estimate of drug-likeness (QED) is 0.560. The molecule has 1 atom stereocenters. The average Bonchev–Trinajstić information content (AvgIpc) is 2.68. The largest absolute Gasteiger partial charge is 0.352 e. The number of benzene rings is 2. The molecule has 0 fully saturated rings. The Morgan fingerprint density at radius 1 is 0.963 bits per heavy atom. The van der Waals surface area contributed by atoms with Crippen LogP contribution >= 0.6 is 0 Å². The Hall–Kier alpha value is -3.09. The van der Waals surface area contributed by atoms with Crippen LogP contribution in [0, 0.1) is 17.5 Å². The van der Waals surface area contributed by atoms with Crippen molar-refractivity contribution in [2.75, 3.05) is 10.6 Å². The average molecular weight is 372 g/mol. The summed E-state index contributed by atoms with van der Waals surface area (Å²) in [5, 5.41) is 5.69. The Bertz CT molecular complexity index is 932. The Kier molecular flexibility index (Phi) is 5.59. The summed E-state index contributed by atoms with van der Waals surface area (Å²) in [6.07, 6.45) is 0.842. The Balaban J connectivity index is 2.04. The number of aromatic nitrogens is 2. The van der Waals surface area contributed by atoms with Gasteiger partial charge in [0.05, 0.1) is 5.69 Å². The van der Waals surface area contributed by atoms with Gasteiger partial charge in [0.25, 0.3) is 0 Å². The summed E-state index contributed by atoms with van der Waals surface area (Å²) >= 11 is 0. The molecule has 1 heterocycles. The van der Waals surface area contributed by atoms with Gasteiger partial charge in [0.2, 0.25) is 5.95 Å². The minimum atomic E-state index is -1.30. The molecule has 27 heavy (non-hydrogen) atoms. The first kappa shape index (κ1) is 18.7. The normalized spacial score (nSPS) is 11.9. The molecule has 0 saturated heterocycles. The maximum atomic E-state index is 14.0. The van der Waals surface area contributed by atoms with Crippen molar-refractivity contribution in [2.24, 2.45) is 0 Å². The molecule has 0 radical (unpaired) electrons. The predicted molar refractivity (Wildman–Crippen MR) is 100 cm³/mol. The third kappa shape index (κ3) is 4.36. The van der Waals surface area contributed by atoms with Crippen molar-refractivity contribution >= 4 is 17.5 Å². The lowest BCUT2D eigenvalue weighted by Crippen LogP contribution is -2.16. The topological polar surface area (TPSA) is 49.8 Å². The van der Waals surface area contributed by atoms with E-state index in [0.29, 0.717) is 11.6 Å². The van der Waals surface area contributed by atoms with E-state index in [1.54, 1.807) is 6.07 Å². The molecular formula is C20H19F3N4. The highest BCUT2D eigenvalue weighted by Gasteiger charge is 2.16. The van der Waals surface area contributed by atoms with E-state index in [0.717, 1.165) is 24.1 Å². The molecule has 4 nitrogen and oxygen atoms in total. The van der Waals surface area contributed by atoms with E-state index in [1.165, 1.54) is 0 Å². The van der Waals surface area contributed by atoms with E-state index < -0.39 is 23.1 Å². The predicted octanol–water partition coefficient (Wildman–Crippen LogP) is 5.51. The Labute approximate surface area is 155 Å². The second kappa shape index (κ2) is 8.07. The number of halogens is 3. The molecule has 0 aliphatic rings. The lowest BCUT2D eigenvalue weighted by Gasteiger charge is -2.15. The van der Waals surface area contributed by atoms with Crippen molar-refractivity contribution in [3.63, 3.8) is 0 Å². The highest BCUT2D eigenvalue weighted by Crippen LogP contribution is 2.27. The van der Waals surface area contributed by atoms with Crippen LogP contribution in [0.3, 0.4) is 0 Å². The lowest BCUT2D eigenvalue weighted by molar-refractivity contribution is 0.499. The number of anilines is 3. The van der Waals surface area contributed by atoms with E-state index >= 15 is 0 Å². The molecule has 0 spiro atoms. The molecule has 0 amide bonds. The van der Waals surface area contributed by atoms with Gasteiger partial charge in [-0.15, -0.1) is 0 Å². The van der Waals surface area contributed by atoms with Gasteiger partial charge in [0, 0.05) is 17.7 Å². The number of hydrogen-bond donors (Lipinski definition) is 2. The van der Waals surface area contributed by atoms with Gasteiger partial charge in [-0.25, -0.2) is 18.2 Å². The summed E-state index contributed by atoms with van der Waals surface area (Å²) in [4.78, 5) is 8.74. The van der Waals surface area contributed by atoms with E-state index in [2.05, 4.69) is 20.6 Å². The summed E-state index contributed by atoms with van der Waals surface area (Å²) in [7, 11) is 0. The lowest BCUT2D eigenvalue weighted by atomic mass is 10.1. The third-order valence-electron chi connectivity index (χ3n) is 4.08. The summed E-state index contributed by atoms with van der Waals surface area (Å²) < 4.78 is 41.5. The highest BCUT2D eigenvalue weighted by atomic mass is 19.2. The molecule has 0 bridgehead atoms. The van der Waals surface area contributed by atoms with Crippen LogP contribution in [0.5, 0.6) is 0 Å². The molecule has 1 aromatic heterocycles. The van der Waals surface area contributed by atoms with Crippen LogP contribution in [0.1, 0.15) is 20.3 Å². The zero-order valence-electron chi connectivity index (χ0n) is 14.9. The Morgan fingerprint density at radius 3 is 2.37 bits per heavy atom. The van der Waals surface area contributed by atoms with E-state index in [4.69, 9.17) is 0 Å². The van der Waals surface area contributed by atoms with Gasteiger partial charge in [0.1, 0.15) is 17.3 Å². The van der Waals surface area contributed by atoms with Crippen LogP contribution in [0.2, 0.25) is 0 Å². The first-order chi connectivity index (χ1) is 13.0. The zero-order chi connectivity index (χ0) is 19.4. The van der Waals surface area contributed by atoms with E-state index in [9.17, 15) is 13.2 Å². The van der Waals surface area contributed by atoms with E-state index in [-0.39, 0.29) is 11.9 Å². The fourth-order valence-corrected chi connectivity index (χ4v) is 2.42. The number of nitrogens with one attached hydrogen (secondary N) is 2. The van der Waals surface area contributed by atoms with Crippen LogP contribution in [0.25, 0.3) is 11.3 Å². The van der Waals surface area contributed by atoms with Gasteiger partial charge in [-0.3, -0.25) is 0 Å². The van der Waals surface area contributed by atoms with Crippen molar-refractivity contribution in [3.8, 4) is 11.3 Å². The summed E-state index contributed by atoms with van der Waals surface area (Å²) in [6.45, 7) is 3.98. The monoisotopic (exact) mass is 372 g/mol. The summed E-state index contributed by atoms with van der Waals surface area (Å²) in [5.41, 5.74) is 0.786. The standard InChI is InChI=1S/C20H19F3N4/c1-3-12(2)24-20-25-16(13-7-5-4-6-8-13)11-17(27-20)26-19-15(22)10-9-14(21)18(19)23/h4-12H,3H2,1-2H3,(H2,24,25,26,27)/t12-/m0/s1. The van der Waals surface area contributed by atoms with Crippen LogP contribution in [-0.2, 0) is 0 Å².